The van der Waals surface area contributed by atoms with Gasteiger partial charge in [0.05, 0.1) is 23.4 Å². The van der Waals surface area contributed by atoms with Crippen LogP contribution in [-0.4, -0.2) is 28.8 Å². The van der Waals surface area contributed by atoms with Crippen molar-refractivity contribution in [3.05, 3.63) is 58.1 Å². The summed E-state index contributed by atoms with van der Waals surface area (Å²) in [4.78, 5) is 4.75. The minimum atomic E-state index is 0.253. The van der Waals surface area contributed by atoms with Gasteiger partial charge in [-0.15, -0.1) is 0 Å². The van der Waals surface area contributed by atoms with Gasteiger partial charge in [0.1, 0.15) is 5.75 Å². The SMILES string of the molecule is Clc1ccc(OCCSC2=Nc3ccccc3C3CC=NN23)c(Cl)c1. The number of hydrogen-bond acceptors (Lipinski definition) is 5. The lowest BCUT2D eigenvalue weighted by Crippen LogP contribution is -2.28. The van der Waals surface area contributed by atoms with Gasteiger partial charge in [-0.05, 0) is 24.3 Å². The Morgan fingerprint density at radius 1 is 1.20 bits per heavy atom. The summed E-state index contributed by atoms with van der Waals surface area (Å²) in [5, 5.41) is 8.50. The molecule has 0 radical (unpaired) electrons. The molecule has 2 aromatic carbocycles. The fourth-order valence-corrected chi connectivity index (χ4v) is 4.14. The van der Waals surface area contributed by atoms with Gasteiger partial charge < -0.3 is 4.74 Å². The van der Waals surface area contributed by atoms with Gasteiger partial charge in [-0.2, -0.15) is 5.10 Å². The zero-order valence-electron chi connectivity index (χ0n) is 13.2. The van der Waals surface area contributed by atoms with E-state index in [-0.39, 0.29) is 6.04 Å². The second-order valence-electron chi connectivity index (χ2n) is 5.62. The normalized spacial score (nSPS) is 17.9. The number of benzene rings is 2. The van der Waals surface area contributed by atoms with Crippen LogP contribution in [-0.2, 0) is 0 Å². The van der Waals surface area contributed by atoms with Gasteiger partial charge in [0.15, 0.2) is 5.17 Å². The van der Waals surface area contributed by atoms with Gasteiger partial charge in [-0.25, -0.2) is 10.0 Å². The van der Waals surface area contributed by atoms with Gasteiger partial charge in [-0.3, -0.25) is 0 Å². The van der Waals surface area contributed by atoms with E-state index in [1.807, 2.05) is 23.4 Å². The summed E-state index contributed by atoms with van der Waals surface area (Å²) in [5.41, 5.74) is 2.26. The smallest absolute Gasteiger partial charge is 0.185 e. The zero-order valence-corrected chi connectivity index (χ0v) is 15.6. The number of amidine groups is 1. The van der Waals surface area contributed by atoms with Gasteiger partial charge in [-0.1, -0.05) is 53.2 Å². The van der Waals surface area contributed by atoms with Crippen LogP contribution < -0.4 is 4.74 Å². The first-order valence-corrected chi connectivity index (χ1v) is 9.66. The molecule has 0 amide bonds. The molecule has 128 valence electrons. The molecule has 2 aliphatic rings. The van der Waals surface area contributed by atoms with E-state index in [1.165, 1.54) is 5.56 Å². The van der Waals surface area contributed by atoms with Crippen molar-refractivity contribution in [2.75, 3.05) is 12.4 Å². The van der Waals surface area contributed by atoms with Crippen molar-refractivity contribution in [2.45, 2.75) is 12.5 Å². The van der Waals surface area contributed by atoms with Gasteiger partial charge in [0.25, 0.3) is 0 Å². The molecule has 0 spiro atoms. The van der Waals surface area contributed by atoms with E-state index >= 15 is 0 Å². The second-order valence-corrected chi connectivity index (χ2v) is 7.52. The average Bonchev–Trinajstić information content (AvgIpc) is 3.10. The molecular weight excluding hydrogens is 377 g/mol. The lowest BCUT2D eigenvalue weighted by Gasteiger charge is -2.29. The van der Waals surface area contributed by atoms with E-state index in [2.05, 4.69) is 17.2 Å². The van der Waals surface area contributed by atoms with Crippen LogP contribution in [0.15, 0.2) is 52.6 Å². The maximum absolute atomic E-state index is 6.12. The number of halogens is 2. The first-order chi connectivity index (χ1) is 12.2. The summed E-state index contributed by atoms with van der Waals surface area (Å²) in [7, 11) is 0. The summed E-state index contributed by atoms with van der Waals surface area (Å²) < 4.78 is 5.74. The Morgan fingerprint density at radius 2 is 2.08 bits per heavy atom. The van der Waals surface area contributed by atoms with Gasteiger partial charge >= 0.3 is 0 Å². The summed E-state index contributed by atoms with van der Waals surface area (Å²) in [6.07, 6.45) is 2.86. The number of nitrogens with zero attached hydrogens (tertiary/aromatic N) is 3. The number of thioether (sulfide) groups is 1. The molecule has 25 heavy (non-hydrogen) atoms. The molecule has 0 N–H and O–H groups in total. The molecule has 0 aliphatic carbocycles. The van der Waals surface area contributed by atoms with Crippen LogP contribution in [0.3, 0.4) is 0 Å². The number of para-hydroxylation sites is 1. The lowest BCUT2D eigenvalue weighted by molar-refractivity contribution is 0.343. The monoisotopic (exact) mass is 391 g/mol. The summed E-state index contributed by atoms with van der Waals surface area (Å²) >= 11 is 13.6. The van der Waals surface area contributed by atoms with E-state index < -0.39 is 0 Å². The first kappa shape index (κ1) is 16.8. The number of rotatable bonds is 4. The van der Waals surface area contributed by atoms with Crippen molar-refractivity contribution >= 4 is 52.0 Å². The highest BCUT2D eigenvalue weighted by molar-refractivity contribution is 8.13. The highest BCUT2D eigenvalue weighted by Crippen LogP contribution is 2.40. The fraction of sp³-hybridized carbons (Fsp3) is 0.222. The Labute approximate surface area is 160 Å². The average molecular weight is 392 g/mol. The van der Waals surface area contributed by atoms with Crippen LogP contribution in [0.25, 0.3) is 0 Å². The molecule has 0 saturated heterocycles. The Balaban J connectivity index is 1.41. The topological polar surface area (TPSA) is 37.2 Å². The summed E-state index contributed by atoms with van der Waals surface area (Å²) in [5.74, 6) is 1.39. The van der Waals surface area contributed by atoms with Crippen LogP contribution in [0.5, 0.6) is 5.75 Å². The molecule has 0 aromatic heterocycles. The fourth-order valence-electron chi connectivity index (χ4n) is 2.86. The molecule has 7 heteroatoms. The number of hydrogen-bond donors (Lipinski definition) is 0. The van der Waals surface area contributed by atoms with Crippen LogP contribution in [0, 0.1) is 0 Å². The molecule has 2 aromatic rings. The quantitative estimate of drug-likeness (QED) is 0.641. The maximum atomic E-state index is 6.12. The van der Waals surface area contributed by atoms with Crippen molar-refractivity contribution in [1.82, 2.24) is 5.01 Å². The molecule has 1 atom stereocenters. The highest BCUT2D eigenvalue weighted by atomic mass is 35.5. The Morgan fingerprint density at radius 3 is 2.96 bits per heavy atom. The van der Waals surface area contributed by atoms with E-state index in [9.17, 15) is 0 Å². The van der Waals surface area contributed by atoms with Crippen molar-refractivity contribution in [3.8, 4) is 5.75 Å². The molecule has 4 rings (SSSR count). The maximum Gasteiger partial charge on any atom is 0.185 e. The lowest BCUT2D eigenvalue weighted by atomic mass is 10.0. The standard InChI is InChI=1S/C18H15Cl2N3OS/c19-12-5-6-17(14(20)11-12)24-9-10-25-18-22-15-4-2-1-3-13(15)16-7-8-21-23(16)18/h1-6,8,11,16H,7,9-10H2. The third-order valence-corrected chi connectivity index (χ3v) is 5.44. The van der Waals surface area contributed by atoms with E-state index in [0.29, 0.717) is 22.4 Å². The minimum Gasteiger partial charge on any atom is -0.491 e. The Hall–Kier alpha value is -1.69. The third kappa shape index (κ3) is 3.50. The van der Waals surface area contributed by atoms with Gasteiger partial charge in [0, 0.05) is 29.0 Å². The van der Waals surface area contributed by atoms with Crippen LogP contribution in [0.4, 0.5) is 5.69 Å². The minimum absolute atomic E-state index is 0.253. The van der Waals surface area contributed by atoms with Gasteiger partial charge in [0.2, 0.25) is 0 Å². The Bertz CT molecular complexity index is 856. The number of hydrazone groups is 1. The zero-order chi connectivity index (χ0) is 17.2. The molecule has 0 saturated carbocycles. The molecule has 4 nitrogen and oxygen atoms in total. The van der Waals surface area contributed by atoms with Crippen LogP contribution in [0.1, 0.15) is 18.0 Å². The van der Waals surface area contributed by atoms with Crippen LogP contribution in [0.2, 0.25) is 10.0 Å². The molecule has 1 unspecified atom stereocenters. The predicted octanol–water partition coefficient (Wildman–Crippen LogP) is 5.54. The molecule has 0 bridgehead atoms. The van der Waals surface area contributed by atoms with Crippen molar-refractivity contribution < 1.29 is 4.74 Å². The van der Waals surface area contributed by atoms with E-state index in [0.717, 1.165) is 23.0 Å². The largest absolute Gasteiger partial charge is 0.491 e. The molecular formula is C18H15Cl2N3OS. The Kier molecular flexibility index (Phi) is 4.88. The number of aliphatic imine (C=N–C) groups is 1. The predicted molar refractivity (Wildman–Crippen MR) is 106 cm³/mol. The molecule has 2 aliphatic heterocycles. The summed E-state index contributed by atoms with van der Waals surface area (Å²) in [6, 6.07) is 13.7. The van der Waals surface area contributed by atoms with Crippen molar-refractivity contribution in [2.24, 2.45) is 10.1 Å². The summed E-state index contributed by atoms with van der Waals surface area (Å²) in [6.45, 7) is 0.523. The van der Waals surface area contributed by atoms with Crippen molar-refractivity contribution in [3.63, 3.8) is 0 Å². The first-order valence-electron chi connectivity index (χ1n) is 7.92. The van der Waals surface area contributed by atoms with Crippen LogP contribution >= 0.6 is 35.0 Å². The molecule has 0 fully saturated rings. The van der Waals surface area contributed by atoms with Crippen molar-refractivity contribution in [1.29, 1.82) is 0 Å². The number of ether oxygens (including phenoxy) is 1. The highest BCUT2D eigenvalue weighted by Gasteiger charge is 2.32. The van der Waals surface area contributed by atoms with E-state index in [4.69, 9.17) is 32.9 Å². The third-order valence-electron chi connectivity index (χ3n) is 4.00. The molecule has 2 heterocycles. The number of fused-ring (bicyclic) bond motifs is 3. The second kappa shape index (κ2) is 7.28. The van der Waals surface area contributed by atoms with E-state index in [1.54, 1.807) is 30.0 Å².